The molecule has 2 aromatic rings. The van der Waals surface area contributed by atoms with Gasteiger partial charge in [0.15, 0.2) is 0 Å². The van der Waals surface area contributed by atoms with E-state index in [0.717, 1.165) is 17.0 Å². The minimum atomic E-state index is -0.364. The Labute approximate surface area is 118 Å². The molecule has 0 saturated heterocycles. The second-order valence-electron chi connectivity index (χ2n) is 4.75. The number of methoxy groups -OCH3 is 1. The van der Waals surface area contributed by atoms with E-state index in [4.69, 9.17) is 4.74 Å². The molecule has 0 heterocycles. The van der Waals surface area contributed by atoms with Crippen LogP contribution in [0.5, 0.6) is 11.5 Å². The minimum Gasteiger partial charge on any atom is -0.508 e. The van der Waals surface area contributed by atoms with Crippen LogP contribution in [0.3, 0.4) is 0 Å². The van der Waals surface area contributed by atoms with Crippen molar-refractivity contribution in [3.8, 4) is 11.5 Å². The lowest BCUT2D eigenvalue weighted by Gasteiger charge is -2.18. The molecule has 0 radical (unpaired) electrons. The number of anilines is 1. The fourth-order valence-electron chi connectivity index (χ4n) is 2.17. The van der Waals surface area contributed by atoms with Crippen LogP contribution in [0.15, 0.2) is 36.4 Å². The highest BCUT2D eigenvalue weighted by molar-refractivity contribution is 5.52. The van der Waals surface area contributed by atoms with Crippen LogP contribution in [0, 0.1) is 12.7 Å². The summed E-state index contributed by atoms with van der Waals surface area (Å²) in [4.78, 5) is 0. The quantitative estimate of drug-likeness (QED) is 0.885. The second-order valence-corrected chi connectivity index (χ2v) is 4.75. The molecule has 0 saturated carbocycles. The van der Waals surface area contributed by atoms with Crippen LogP contribution in [0.25, 0.3) is 0 Å². The molecule has 2 aromatic carbocycles. The molecule has 0 spiro atoms. The fraction of sp³-hybridized carbons (Fsp3) is 0.250. The van der Waals surface area contributed by atoms with Gasteiger partial charge < -0.3 is 15.2 Å². The Morgan fingerprint density at radius 2 is 1.95 bits per heavy atom. The molecule has 0 aliphatic carbocycles. The molecule has 106 valence electrons. The third-order valence-electron chi connectivity index (χ3n) is 3.23. The molecular formula is C16H18FNO2. The number of aromatic hydroxyl groups is 1. The van der Waals surface area contributed by atoms with Crippen LogP contribution in [0.4, 0.5) is 10.1 Å². The number of aryl methyl sites for hydroxylation is 1. The first-order valence-corrected chi connectivity index (χ1v) is 6.41. The van der Waals surface area contributed by atoms with Gasteiger partial charge in [-0.3, -0.25) is 0 Å². The van der Waals surface area contributed by atoms with Gasteiger partial charge >= 0.3 is 0 Å². The standard InChI is InChI=1S/C16H18FNO2/c1-10-8-13(5-7-16(10)20-3)18-11(2)14-9-12(17)4-6-15(14)19/h4-9,11,18-19H,1-3H3. The Hall–Kier alpha value is -2.23. The summed E-state index contributed by atoms with van der Waals surface area (Å²) >= 11 is 0. The maximum Gasteiger partial charge on any atom is 0.123 e. The highest BCUT2D eigenvalue weighted by Crippen LogP contribution is 2.29. The van der Waals surface area contributed by atoms with Crippen molar-refractivity contribution in [3.63, 3.8) is 0 Å². The molecule has 0 aliphatic rings. The van der Waals surface area contributed by atoms with E-state index in [9.17, 15) is 9.50 Å². The van der Waals surface area contributed by atoms with E-state index in [0.29, 0.717) is 5.56 Å². The Bertz CT molecular complexity index is 613. The number of rotatable bonds is 4. The number of hydrogen-bond acceptors (Lipinski definition) is 3. The fourth-order valence-corrected chi connectivity index (χ4v) is 2.17. The second kappa shape index (κ2) is 5.82. The van der Waals surface area contributed by atoms with Gasteiger partial charge in [-0.2, -0.15) is 0 Å². The highest BCUT2D eigenvalue weighted by atomic mass is 19.1. The highest BCUT2D eigenvalue weighted by Gasteiger charge is 2.12. The molecule has 0 aromatic heterocycles. The van der Waals surface area contributed by atoms with Gasteiger partial charge in [0.05, 0.1) is 13.2 Å². The molecule has 2 rings (SSSR count). The van der Waals surface area contributed by atoms with Gasteiger partial charge in [0.2, 0.25) is 0 Å². The van der Waals surface area contributed by atoms with Crippen LogP contribution in [-0.2, 0) is 0 Å². The Morgan fingerprint density at radius 1 is 1.20 bits per heavy atom. The first-order valence-electron chi connectivity index (χ1n) is 6.41. The van der Waals surface area contributed by atoms with E-state index < -0.39 is 0 Å². The monoisotopic (exact) mass is 275 g/mol. The Morgan fingerprint density at radius 3 is 2.60 bits per heavy atom. The van der Waals surface area contributed by atoms with Crippen LogP contribution < -0.4 is 10.1 Å². The lowest BCUT2D eigenvalue weighted by molar-refractivity contribution is 0.412. The van der Waals surface area contributed by atoms with E-state index in [1.165, 1.54) is 18.2 Å². The lowest BCUT2D eigenvalue weighted by Crippen LogP contribution is -2.07. The average molecular weight is 275 g/mol. The third kappa shape index (κ3) is 3.02. The normalized spacial score (nSPS) is 12.0. The molecule has 4 heteroatoms. The minimum absolute atomic E-state index is 0.0802. The van der Waals surface area contributed by atoms with Gasteiger partial charge in [0.25, 0.3) is 0 Å². The predicted molar refractivity (Wildman–Crippen MR) is 77.8 cm³/mol. The zero-order valence-electron chi connectivity index (χ0n) is 11.8. The van der Waals surface area contributed by atoms with Gasteiger partial charge in [-0.15, -0.1) is 0 Å². The van der Waals surface area contributed by atoms with E-state index in [1.807, 2.05) is 32.0 Å². The molecule has 2 N–H and O–H groups in total. The Balaban J connectivity index is 2.21. The van der Waals surface area contributed by atoms with Gasteiger partial charge in [0.1, 0.15) is 17.3 Å². The van der Waals surface area contributed by atoms with Crippen molar-refractivity contribution in [1.82, 2.24) is 0 Å². The molecule has 0 amide bonds. The van der Waals surface area contributed by atoms with Crippen LogP contribution in [0.1, 0.15) is 24.1 Å². The summed E-state index contributed by atoms with van der Waals surface area (Å²) in [6.07, 6.45) is 0. The topological polar surface area (TPSA) is 41.5 Å². The van der Waals surface area contributed by atoms with Crippen LogP contribution in [0.2, 0.25) is 0 Å². The van der Waals surface area contributed by atoms with E-state index in [2.05, 4.69) is 5.32 Å². The summed E-state index contributed by atoms with van der Waals surface area (Å²) in [5, 5.41) is 13.0. The number of halogens is 1. The number of hydrogen-bond donors (Lipinski definition) is 2. The van der Waals surface area contributed by atoms with Crippen LogP contribution in [-0.4, -0.2) is 12.2 Å². The summed E-state index contributed by atoms with van der Waals surface area (Å²) in [5.41, 5.74) is 2.42. The summed E-state index contributed by atoms with van der Waals surface area (Å²) in [5.74, 6) is 0.533. The number of phenolic OH excluding ortho intramolecular Hbond substituents is 1. The molecule has 1 unspecified atom stereocenters. The van der Waals surface area contributed by atoms with E-state index in [1.54, 1.807) is 7.11 Å². The van der Waals surface area contributed by atoms with Gasteiger partial charge in [-0.05, 0) is 55.8 Å². The smallest absolute Gasteiger partial charge is 0.123 e. The molecule has 3 nitrogen and oxygen atoms in total. The van der Waals surface area contributed by atoms with E-state index >= 15 is 0 Å². The van der Waals surface area contributed by atoms with Gasteiger partial charge in [-0.1, -0.05) is 0 Å². The van der Waals surface area contributed by atoms with E-state index in [-0.39, 0.29) is 17.6 Å². The largest absolute Gasteiger partial charge is 0.508 e. The molecule has 1 atom stereocenters. The molecule has 0 aliphatic heterocycles. The maximum atomic E-state index is 13.3. The summed E-state index contributed by atoms with van der Waals surface area (Å²) in [6, 6.07) is 9.44. The van der Waals surface area contributed by atoms with Gasteiger partial charge in [-0.25, -0.2) is 4.39 Å². The number of nitrogens with one attached hydrogen (secondary N) is 1. The number of phenols is 1. The lowest BCUT2D eigenvalue weighted by atomic mass is 10.1. The summed E-state index contributed by atoms with van der Waals surface area (Å²) < 4.78 is 18.5. The van der Waals surface area contributed by atoms with Gasteiger partial charge in [0, 0.05) is 11.3 Å². The number of benzene rings is 2. The van der Waals surface area contributed by atoms with Crippen molar-refractivity contribution < 1.29 is 14.2 Å². The van der Waals surface area contributed by atoms with Crippen molar-refractivity contribution in [2.45, 2.75) is 19.9 Å². The molecule has 0 bridgehead atoms. The first-order chi connectivity index (χ1) is 9.51. The van der Waals surface area contributed by atoms with Crippen molar-refractivity contribution in [2.75, 3.05) is 12.4 Å². The molecule has 0 fully saturated rings. The van der Waals surface area contributed by atoms with Crippen molar-refractivity contribution in [2.24, 2.45) is 0 Å². The Kier molecular flexibility index (Phi) is 4.13. The van der Waals surface area contributed by atoms with Crippen molar-refractivity contribution >= 4 is 5.69 Å². The first kappa shape index (κ1) is 14.2. The zero-order valence-corrected chi connectivity index (χ0v) is 11.8. The average Bonchev–Trinajstić information content (AvgIpc) is 2.41. The summed E-state index contributed by atoms with van der Waals surface area (Å²) in [6.45, 7) is 3.82. The molecular weight excluding hydrogens is 257 g/mol. The van der Waals surface area contributed by atoms with Crippen molar-refractivity contribution in [3.05, 3.63) is 53.3 Å². The van der Waals surface area contributed by atoms with Crippen molar-refractivity contribution in [1.29, 1.82) is 0 Å². The summed E-state index contributed by atoms with van der Waals surface area (Å²) in [7, 11) is 1.63. The zero-order chi connectivity index (χ0) is 14.7. The molecule has 20 heavy (non-hydrogen) atoms. The predicted octanol–water partition coefficient (Wildman–Crippen LogP) is 4.02. The third-order valence-corrected chi connectivity index (χ3v) is 3.23. The SMILES string of the molecule is COc1ccc(NC(C)c2cc(F)ccc2O)cc1C. The van der Waals surface area contributed by atoms with Crippen LogP contribution >= 0.6 is 0 Å². The number of ether oxygens (including phenoxy) is 1. The maximum absolute atomic E-state index is 13.3.